The molecule has 1 amide bonds. The summed E-state index contributed by atoms with van der Waals surface area (Å²) in [5.74, 6) is -0.931. The molecule has 1 aliphatic heterocycles. The molecule has 2 N–H and O–H groups in total. The molecule has 0 aliphatic carbocycles. The predicted octanol–water partition coefficient (Wildman–Crippen LogP) is 1.58. The molecule has 0 radical (unpaired) electrons. The van der Waals surface area contributed by atoms with Gasteiger partial charge in [-0.25, -0.2) is 19.7 Å². The summed E-state index contributed by atoms with van der Waals surface area (Å²) in [5.41, 5.74) is 1.69. The van der Waals surface area contributed by atoms with Gasteiger partial charge in [0, 0.05) is 18.8 Å². The summed E-state index contributed by atoms with van der Waals surface area (Å²) in [4.78, 5) is 42.1. The van der Waals surface area contributed by atoms with E-state index in [4.69, 9.17) is 0 Å². The van der Waals surface area contributed by atoms with Crippen LogP contribution in [0.25, 0.3) is 10.7 Å². The second-order valence-corrected chi connectivity index (χ2v) is 6.54. The second-order valence-electron chi connectivity index (χ2n) is 5.59. The molecule has 0 spiro atoms. The second kappa shape index (κ2) is 6.10. The van der Waals surface area contributed by atoms with Crippen molar-refractivity contribution in [1.82, 2.24) is 24.8 Å². The van der Waals surface area contributed by atoms with E-state index in [1.54, 1.807) is 0 Å². The Morgan fingerprint density at radius 2 is 2.08 bits per heavy atom. The van der Waals surface area contributed by atoms with Crippen LogP contribution in [0.15, 0.2) is 36.2 Å². The molecule has 1 unspecified atom stereocenters. The summed E-state index contributed by atoms with van der Waals surface area (Å²) in [6.07, 6.45) is 4.56. The third kappa shape index (κ3) is 2.78. The monoisotopic (exact) mass is 355 g/mol. The van der Waals surface area contributed by atoms with Gasteiger partial charge in [-0.3, -0.25) is 4.79 Å². The van der Waals surface area contributed by atoms with Gasteiger partial charge >= 0.3 is 5.97 Å². The number of thiophene rings is 1. The number of aromatic amines is 1. The average Bonchev–Trinajstić information content (AvgIpc) is 3.31. The molecule has 9 heteroatoms. The Labute approximate surface area is 146 Å². The van der Waals surface area contributed by atoms with Crippen molar-refractivity contribution in [1.29, 1.82) is 0 Å². The first-order valence-corrected chi connectivity index (χ1v) is 8.42. The van der Waals surface area contributed by atoms with Gasteiger partial charge in [0.2, 0.25) is 0 Å². The van der Waals surface area contributed by atoms with Crippen LogP contribution in [-0.2, 0) is 17.8 Å². The predicted molar refractivity (Wildman–Crippen MR) is 88.9 cm³/mol. The molecule has 126 valence electrons. The maximum Gasteiger partial charge on any atom is 0.326 e. The third-order valence-electron chi connectivity index (χ3n) is 4.09. The first-order valence-electron chi connectivity index (χ1n) is 7.54. The quantitative estimate of drug-likeness (QED) is 0.738. The highest BCUT2D eigenvalue weighted by Gasteiger charge is 2.36. The number of imidazole rings is 1. The zero-order chi connectivity index (χ0) is 17.4. The van der Waals surface area contributed by atoms with Crippen LogP contribution in [0, 0.1) is 0 Å². The largest absolute Gasteiger partial charge is 0.480 e. The molecule has 0 saturated carbocycles. The van der Waals surface area contributed by atoms with Crippen molar-refractivity contribution < 1.29 is 14.7 Å². The van der Waals surface area contributed by atoms with Crippen molar-refractivity contribution in [2.24, 2.45) is 0 Å². The van der Waals surface area contributed by atoms with Crippen molar-refractivity contribution >= 4 is 23.2 Å². The molecule has 0 fully saturated rings. The maximum atomic E-state index is 12.8. The van der Waals surface area contributed by atoms with Crippen molar-refractivity contribution in [2.75, 3.05) is 0 Å². The zero-order valence-electron chi connectivity index (χ0n) is 12.9. The number of rotatable bonds is 3. The molecule has 3 aromatic heterocycles. The first kappa shape index (κ1) is 15.5. The Morgan fingerprint density at radius 3 is 2.76 bits per heavy atom. The van der Waals surface area contributed by atoms with Crippen LogP contribution in [0.2, 0.25) is 0 Å². The van der Waals surface area contributed by atoms with E-state index in [0.29, 0.717) is 11.5 Å². The number of carboxylic acid groups (broad SMARTS) is 1. The fourth-order valence-corrected chi connectivity index (χ4v) is 3.48. The molecule has 8 nitrogen and oxygen atoms in total. The summed E-state index contributed by atoms with van der Waals surface area (Å²) in [5, 5.41) is 11.4. The molecule has 4 rings (SSSR count). The number of hydrogen-bond donors (Lipinski definition) is 2. The lowest BCUT2D eigenvalue weighted by Crippen LogP contribution is -2.48. The number of fused-ring (bicyclic) bond motifs is 1. The van der Waals surface area contributed by atoms with Gasteiger partial charge in [-0.15, -0.1) is 11.3 Å². The lowest BCUT2D eigenvalue weighted by molar-refractivity contribution is -0.142. The van der Waals surface area contributed by atoms with Gasteiger partial charge < -0.3 is 15.0 Å². The van der Waals surface area contributed by atoms with E-state index >= 15 is 0 Å². The number of carbonyl (C=O) groups is 2. The number of carbonyl (C=O) groups excluding carboxylic acids is 1. The molecular weight excluding hydrogens is 342 g/mol. The number of aromatic nitrogens is 4. The van der Waals surface area contributed by atoms with Gasteiger partial charge in [-0.1, -0.05) is 6.07 Å². The van der Waals surface area contributed by atoms with Gasteiger partial charge in [0.05, 0.1) is 34.7 Å². The third-order valence-corrected chi connectivity index (χ3v) is 4.95. The van der Waals surface area contributed by atoms with Crippen molar-refractivity contribution in [3.8, 4) is 10.7 Å². The Hall–Kier alpha value is -3.07. The highest BCUT2D eigenvalue weighted by Crippen LogP contribution is 2.24. The number of carboxylic acids is 1. The first-order chi connectivity index (χ1) is 12.1. The standard InChI is InChI=1S/C16H13N5O3S/c22-15(9-5-17-14(18-6-9)13-2-1-3-25-13)21-7-11-10(19-8-20-11)4-12(21)16(23)24/h1-3,5-6,8,12H,4,7H2,(H,19,20)(H,23,24). The van der Waals surface area contributed by atoms with Gasteiger partial charge in [0.1, 0.15) is 6.04 Å². The van der Waals surface area contributed by atoms with Crippen molar-refractivity contribution in [3.05, 3.63) is 53.2 Å². The van der Waals surface area contributed by atoms with Crippen LogP contribution in [0.5, 0.6) is 0 Å². The molecule has 4 heterocycles. The number of hydrogen-bond acceptors (Lipinski definition) is 6. The van der Waals surface area contributed by atoms with Crippen LogP contribution >= 0.6 is 11.3 Å². The van der Waals surface area contributed by atoms with E-state index < -0.39 is 17.9 Å². The molecule has 25 heavy (non-hydrogen) atoms. The number of nitrogens with zero attached hydrogens (tertiary/aromatic N) is 4. The Morgan fingerprint density at radius 1 is 1.28 bits per heavy atom. The van der Waals surface area contributed by atoms with E-state index in [1.165, 1.54) is 35.0 Å². The topological polar surface area (TPSA) is 112 Å². The molecule has 0 bridgehead atoms. The lowest BCUT2D eigenvalue weighted by atomic mass is 10.0. The van der Waals surface area contributed by atoms with E-state index in [-0.39, 0.29) is 18.5 Å². The average molecular weight is 355 g/mol. The Balaban J connectivity index is 1.62. The van der Waals surface area contributed by atoms with E-state index in [0.717, 1.165) is 10.6 Å². The number of aliphatic carboxylic acids is 1. The fourth-order valence-electron chi connectivity index (χ4n) is 2.81. The molecule has 0 aromatic carbocycles. The maximum absolute atomic E-state index is 12.8. The molecule has 1 atom stereocenters. The highest BCUT2D eigenvalue weighted by molar-refractivity contribution is 7.13. The van der Waals surface area contributed by atoms with Crippen LogP contribution in [0.1, 0.15) is 21.7 Å². The van der Waals surface area contributed by atoms with E-state index in [1.807, 2.05) is 17.5 Å². The smallest absolute Gasteiger partial charge is 0.326 e. The molecular formula is C16H13N5O3S. The summed E-state index contributed by atoms with van der Waals surface area (Å²) in [7, 11) is 0. The molecule has 1 aliphatic rings. The van der Waals surface area contributed by atoms with Crippen LogP contribution in [0.4, 0.5) is 0 Å². The molecule has 0 saturated heterocycles. The number of H-pyrrole nitrogens is 1. The SMILES string of the molecule is O=C(O)C1Cc2nc[nH]c2CN1C(=O)c1cnc(-c2cccs2)nc1. The summed E-state index contributed by atoms with van der Waals surface area (Å²) in [6.45, 7) is 0.164. The number of nitrogens with one attached hydrogen (secondary N) is 1. The van der Waals surface area contributed by atoms with Gasteiger partial charge in [-0.05, 0) is 11.4 Å². The minimum Gasteiger partial charge on any atom is -0.480 e. The summed E-state index contributed by atoms with van der Waals surface area (Å²) in [6, 6.07) is 2.84. The zero-order valence-corrected chi connectivity index (χ0v) is 13.7. The van der Waals surface area contributed by atoms with Crippen molar-refractivity contribution in [3.63, 3.8) is 0 Å². The van der Waals surface area contributed by atoms with Crippen LogP contribution in [-0.4, -0.2) is 47.9 Å². The fraction of sp³-hybridized carbons (Fsp3) is 0.188. The normalized spacial score (nSPS) is 16.5. The minimum atomic E-state index is -1.06. The van der Waals surface area contributed by atoms with Crippen LogP contribution in [0.3, 0.4) is 0 Å². The highest BCUT2D eigenvalue weighted by atomic mass is 32.1. The Bertz CT molecular complexity index is 920. The van der Waals surface area contributed by atoms with Crippen molar-refractivity contribution in [2.45, 2.75) is 19.0 Å². The number of amides is 1. The van der Waals surface area contributed by atoms with Gasteiger partial charge in [0.25, 0.3) is 5.91 Å². The van der Waals surface area contributed by atoms with Gasteiger partial charge in [-0.2, -0.15) is 0 Å². The van der Waals surface area contributed by atoms with E-state index in [9.17, 15) is 14.7 Å². The van der Waals surface area contributed by atoms with Crippen LogP contribution < -0.4 is 0 Å². The van der Waals surface area contributed by atoms with Gasteiger partial charge in [0.15, 0.2) is 5.82 Å². The Kier molecular flexibility index (Phi) is 3.77. The van der Waals surface area contributed by atoms with E-state index in [2.05, 4.69) is 19.9 Å². The lowest BCUT2D eigenvalue weighted by Gasteiger charge is -2.32. The summed E-state index contributed by atoms with van der Waals surface area (Å²) >= 11 is 1.51. The minimum absolute atomic E-state index is 0.164. The summed E-state index contributed by atoms with van der Waals surface area (Å²) < 4.78 is 0. The molecule has 3 aromatic rings.